The monoisotopic (exact) mass is 188 g/mol. The van der Waals surface area contributed by atoms with Crippen LogP contribution in [-0.4, -0.2) is 46.3 Å². The minimum atomic E-state index is -1.26. The van der Waals surface area contributed by atoms with E-state index in [1.165, 1.54) is 0 Å². The maximum Gasteiger partial charge on any atom is 0.124 e. The predicted octanol–water partition coefficient (Wildman–Crippen LogP) is -0.324. The molecular formula is C9H16O4. The van der Waals surface area contributed by atoms with Crippen molar-refractivity contribution in [3.8, 4) is 0 Å². The first-order valence-corrected chi connectivity index (χ1v) is 4.51. The van der Waals surface area contributed by atoms with Gasteiger partial charge in [0.15, 0.2) is 0 Å². The van der Waals surface area contributed by atoms with Gasteiger partial charge in [-0.05, 0) is 20.8 Å². The largest absolute Gasteiger partial charge is 0.384 e. The van der Waals surface area contributed by atoms with Crippen molar-refractivity contribution in [1.82, 2.24) is 0 Å². The molecule has 0 spiro atoms. The Morgan fingerprint density at radius 1 is 1.38 bits per heavy atom. The first-order chi connectivity index (χ1) is 5.81. The summed E-state index contributed by atoms with van der Waals surface area (Å²) in [7, 11) is 0. The summed E-state index contributed by atoms with van der Waals surface area (Å²) in [6.07, 6.45) is -0.261. The zero-order valence-electron chi connectivity index (χ0n) is 8.20. The lowest BCUT2D eigenvalue weighted by Crippen LogP contribution is -2.61. The molecule has 0 amide bonds. The van der Waals surface area contributed by atoms with Gasteiger partial charge in [-0.15, -0.1) is 0 Å². The van der Waals surface area contributed by atoms with Gasteiger partial charge in [0, 0.05) is 0 Å². The van der Waals surface area contributed by atoms with Crippen LogP contribution in [-0.2, 0) is 9.47 Å². The van der Waals surface area contributed by atoms with E-state index in [4.69, 9.17) is 9.47 Å². The van der Waals surface area contributed by atoms with Crippen LogP contribution in [0.1, 0.15) is 20.8 Å². The van der Waals surface area contributed by atoms with Crippen molar-refractivity contribution < 1.29 is 19.7 Å². The molecule has 2 rings (SSSR count). The molecule has 0 aromatic rings. The molecule has 2 aliphatic heterocycles. The molecule has 0 radical (unpaired) electrons. The minimum Gasteiger partial charge on any atom is -0.384 e. The maximum absolute atomic E-state index is 10.2. The van der Waals surface area contributed by atoms with Crippen LogP contribution in [0.3, 0.4) is 0 Å². The third-order valence-electron chi connectivity index (χ3n) is 3.55. The lowest BCUT2D eigenvalue weighted by Gasteiger charge is -2.40. The van der Waals surface area contributed by atoms with Gasteiger partial charge in [0.2, 0.25) is 0 Å². The van der Waals surface area contributed by atoms with E-state index in [1.54, 1.807) is 20.8 Å². The number of ether oxygens (including phenoxy) is 2. The molecule has 0 aromatic heterocycles. The molecule has 2 N–H and O–H groups in total. The minimum absolute atomic E-state index is 0.261. The molecular weight excluding hydrogens is 172 g/mol. The molecule has 4 heteroatoms. The number of hydrogen-bond donors (Lipinski definition) is 2. The Labute approximate surface area is 77.5 Å². The number of epoxide rings is 2. The molecule has 2 heterocycles. The Hall–Kier alpha value is -0.160. The van der Waals surface area contributed by atoms with E-state index in [-0.39, 0.29) is 6.10 Å². The Bertz CT molecular complexity index is 226. The highest BCUT2D eigenvalue weighted by Crippen LogP contribution is 2.47. The van der Waals surface area contributed by atoms with Crippen LogP contribution < -0.4 is 0 Å². The fraction of sp³-hybridized carbons (Fsp3) is 1.00. The average molecular weight is 188 g/mol. The van der Waals surface area contributed by atoms with Gasteiger partial charge in [-0.25, -0.2) is 0 Å². The van der Waals surface area contributed by atoms with Crippen molar-refractivity contribution in [2.24, 2.45) is 0 Å². The summed E-state index contributed by atoms with van der Waals surface area (Å²) < 4.78 is 10.2. The summed E-state index contributed by atoms with van der Waals surface area (Å²) in [5.74, 6) is 0. The van der Waals surface area contributed by atoms with Gasteiger partial charge in [0.1, 0.15) is 22.9 Å². The van der Waals surface area contributed by atoms with Crippen LogP contribution in [0.5, 0.6) is 0 Å². The summed E-state index contributed by atoms with van der Waals surface area (Å²) in [6.45, 7) is 5.99. The van der Waals surface area contributed by atoms with Crippen molar-refractivity contribution in [2.75, 3.05) is 13.2 Å². The van der Waals surface area contributed by atoms with Crippen LogP contribution in [0, 0.1) is 0 Å². The molecule has 0 saturated carbocycles. The number of rotatable bonds is 3. The lowest BCUT2D eigenvalue weighted by molar-refractivity contribution is -0.174. The standard InChI is InChI=1S/C9H16O4/c1-7(5-13-7)9(3,11)8(2,10)6-4-12-6/h6,10-11H,4-5H2,1-3H3. The highest BCUT2D eigenvalue weighted by atomic mass is 16.6. The van der Waals surface area contributed by atoms with Gasteiger partial charge in [0.05, 0.1) is 13.2 Å². The fourth-order valence-corrected chi connectivity index (χ4v) is 1.61. The van der Waals surface area contributed by atoms with Crippen molar-refractivity contribution in [3.63, 3.8) is 0 Å². The van der Waals surface area contributed by atoms with Gasteiger partial charge >= 0.3 is 0 Å². The molecule has 13 heavy (non-hydrogen) atoms. The fourth-order valence-electron chi connectivity index (χ4n) is 1.61. The van der Waals surface area contributed by atoms with Crippen LogP contribution >= 0.6 is 0 Å². The van der Waals surface area contributed by atoms with Crippen LogP contribution in [0.25, 0.3) is 0 Å². The molecule has 0 bridgehead atoms. The van der Waals surface area contributed by atoms with E-state index in [2.05, 4.69) is 0 Å². The van der Waals surface area contributed by atoms with Crippen molar-refractivity contribution in [1.29, 1.82) is 0 Å². The van der Waals surface area contributed by atoms with Gasteiger partial charge in [-0.3, -0.25) is 0 Å². The summed E-state index contributed by atoms with van der Waals surface area (Å²) in [4.78, 5) is 0. The molecule has 0 aliphatic carbocycles. The van der Waals surface area contributed by atoms with E-state index >= 15 is 0 Å². The Morgan fingerprint density at radius 2 is 1.85 bits per heavy atom. The van der Waals surface area contributed by atoms with E-state index in [0.717, 1.165) is 0 Å². The van der Waals surface area contributed by atoms with Gasteiger partial charge in [0.25, 0.3) is 0 Å². The quantitative estimate of drug-likeness (QED) is 0.595. The number of aliphatic hydroxyl groups is 2. The molecule has 2 aliphatic rings. The summed E-state index contributed by atoms with van der Waals surface area (Å²) in [5.41, 5.74) is -3.12. The molecule has 2 saturated heterocycles. The molecule has 4 unspecified atom stereocenters. The maximum atomic E-state index is 10.2. The Morgan fingerprint density at radius 3 is 2.15 bits per heavy atom. The normalized spacial score (nSPS) is 46.4. The summed E-state index contributed by atoms with van der Waals surface area (Å²) >= 11 is 0. The first-order valence-electron chi connectivity index (χ1n) is 4.51. The zero-order chi connectivity index (χ0) is 9.91. The van der Waals surface area contributed by atoms with Gasteiger partial charge in [-0.2, -0.15) is 0 Å². The van der Waals surface area contributed by atoms with E-state index in [0.29, 0.717) is 13.2 Å². The van der Waals surface area contributed by atoms with E-state index in [9.17, 15) is 10.2 Å². The highest BCUT2D eigenvalue weighted by molar-refractivity contribution is 5.16. The lowest BCUT2D eigenvalue weighted by atomic mass is 9.75. The first kappa shape index (κ1) is 9.40. The van der Waals surface area contributed by atoms with E-state index < -0.39 is 16.8 Å². The van der Waals surface area contributed by atoms with Crippen molar-refractivity contribution in [2.45, 2.75) is 43.7 Å². The Balaban J connectivity index is 2.21. The van der Waals surface area contributed by atoms with E-state index in [1.807, 2.05) is 0 Å². The molecule has 4 atom stereocenters. The van der Waals surface area contributed by atoms with Crippen LogP contribution in [0.15, 0.2) is 0 Å². The number of hydrogen-bond acceptors (Lipinski definition) is 4. The molecule has 76 valence electrons. The molecule has 4 nitrogen and oxygen atoms in total. The second-order valence-corrected chi connectivity index (χ2v) is 4.56. The second-order valence-electron chi connectivity index (χ2n) is 4.56. The second kappa shape index (κ2) is 2.25. The molecule has 0 aromatic carbocycles. The zero-order valence-corrected chi connectivity index (χ0v) is 8.20. The van der Waals surface area contributed by atoms with Crippen LogP contribution in [0.2, 0.25) is 0 Å². The van der Waals surface area contributed by atoms with Crippen molar-refractivity contribution in [3.05, 3.63) is 0 Å². The average Bonchev–Trinajstić information content (AvgIpc) is 2.78. The third-order valence-corrected chi connectivity index (χ3v) is 3.55. The third kappa shape index (κ3) is 1.13. The highest BCUT2D eigenvalue weighted by Gasteiger charge is 2.67. The topological polar surface area (TPSA) is 65.5 Å². The SMILES string of the molecule is CC1(C(C)(O)C(C)(O)C2CO2)CO1. The van der Waals surface area contributed by atoms with Gasteiger partial charge < -0.3 is 19.7 Å². The summed E-state index contributed by atoms with van der Waals surface area (Å²) in [5, 5.41) is 20.3. The van der Waals surface area contributed by atoms with Crippen LogP contribution in [0.4, 0.5) is 0 Å². The predicted molar refractivity (Wildman–Crippen MR) is 45.3 cm³/mol. The summed E-state index contributed by atoms with van der Waals surface area (Å²) in [6, 6.07) is 0. The van der Waals surface area contributed by atoms with Crippen molar-refractivity contribution >= 4 is 0 Å². The smallest absolute Gasteiger partial charge is 0.124 e. The Kier molecular flexibility index (Phi) is 1.63. The molecule has 2 fully saturated rings. The van der Waals surface area contributed by atoms with Gasteiger partial charge in [-0.1, -0.05) is 0 Å².